The van der Waals surface area contributed by atoms with E-state index >= 15 is 0 Å². The third kappa shape index (κ3) is 5.94. The molecule has 1 aromatic carbocycles. The second-order valence-electron chi connectivity index (χ2n) is 8.29. The van der Waals surface area contributed by atoms with Crippen LogP contribution in [0.5, 0.6) is 5.75 Å². The monoisotopic (exact) mass is 444 g/mol. The number of aryl methyl sites for hydroxylation is 2. The normalized spacial score (nSPS) is 14.6. The fourth-order valence-corrected chi connectivity index (χ4v) is 3.49. The summed E-state index contributed by atoms with van der Waals surface area (Å²) >= 11 is 0. The predicted octanol–water partition coefficient (Wildman–Crippen LogP) is 2.87. The molecule has 8 nitrogen and oxygen atoms in total. The third-order valence-electron chi connectivity index (χ3n) is 5.03. The zero-order valence-electron chi connectivity index (χ0n) is 18.5. The topological polar surface area (TPSA) is 96.7 Å². The largest absolute Gasteiger partial charge is 0.457 e. The quantitative estimate of drug-likeness (QED) is 0.587. The summed E-state index contributed by atoms with van der Waals surface area (Å²) in [6.07, 6.45) is 4.02. The van der Waals surface area contributed by atoms with Gasteiger partial charge in [0.2, 0.25) is 5.91 Å². The Morgan fingerprint density at radius 1 is 1.34 bits per heavy atom. The summed E-state index contributed by atoms with van der Waals surface area (Å²) < 4.78 is 21.3. The SMILES string of the molecule is Cc1ccc(F)c(OC2=CC(=O)N([C@@H](CC(C)C)C(=O)Nc3ccn(CCCO)n3)C2)c1. The van der Waals surface area contributed by atoms with E-state index in [9.17, 15) is 14.0 Å². The molecular formula is C23H29FN4O4. The van der Waals surface area contributed by atoms with Crippen LogP contribution in [0.15, 0.2) is 42.3 Å². The first-order chi connectivity index (χ1) is 15.3. The minimum absolute atomic E-state index is 0.0455. The van der Waals surface area contributed by atoms with Crippen LogP contribution in [0.1, 0.15) is 32.3 Å². The van der Waals surface area contributed by atoms with Gasteiger partial charge in [-0.1, -0.05) is 19.9 Å². The predicted molar refractivity (Wildman–Crippen MR) is 117 cm³/mol. The lowest BCUT2D eigenvalue weighted by atomic mass is 10.0. The molecule has 0 spiro atoms. The van der Waals surface area contributed by atoms with E-state index in [1.54, 1.807) is 29.1 Å². The molecular weight excluding hydrogens is 415 g/mol. The van der Waals surface area contributed by atoms with E-state index in [0.717, 1.165) is 5.56 Å². The van der Waals surface area contributed by atoms with Crippen LogP contribution in [-0.2, 0) is 16.1 Å². The number of aliphatic hydroxyl groups is 1. The number of nitrogens with one attached hydrogen (secondary N) is 1. The van der Waals surface area contributed by atoms with Gasteiger partial charge in [0.1, 0.15) is 11.8 Å². The van der Waals surface area contributed by atoms with Gasteiger partial charge in [-0.25, -0.2) is 4.39 Å². The number of rotatable bonds is 10. The summed E-state index contributed by atoms with van der Waals surface area (Å²) in [6.45, 7) is 6.42. The number of hydrogen-bond donors (Lipinski definition) is 2. The Morgan fingerprint density at radius 2 is 2.12 bits per heavy atom. The molecule has 172 valence electrons. The number of nitrogens with zero attached hydrogens (tertiary/aromatic N) is 3. The maximum atomic E-state index is 14.1. The maximum absolute atomic E-state index is 14.1. The van der Waals surface area contributed by atoms with Gasteiger partial charge in [0.25, 0.3) is 5.91 Å². The molecule has 0 aliphatic carbocycles. The number of carbonyl (C=O) groups excluding carboxylic acids is 2. The fraction of sp³-hybridized carbons (Fsp3) is 0.435. The number of halogens is 1. The molecule has 0 fully saturated rings. The molecule has 1 aliphatic rings. The second-order valence-corrected chi connectivity index (χ2v) is 8.29. The highest BCUT2D eigenvalue weighted by molar-refractivity contribution is 5.99. The van der Waals surface area contributed by atoms with Crippen molar-refractivity contribution in [1.29, 1.82) is 0 Å². The average molecular weight is 445 g/mol. The molecule has 1 atom stereocenters. The summed E-state index contributed by atoms with van der Waals surface area (Å²) in [4.78, 5) is 27.2. The molecule has 2 heterocycles. The van der Waals surface area contributed by atoms with Crippen molar-refractivity contribution in [3.63, 3.8) is 0 Å². The van der Waals surface area contributed by atoms with Crippen molar-refractivity contribution in [2.75, 3.05) is 18.5 Å². The number of ether oxygens (including phenoxy) is 1. The Morgan fingerprint density at radius 3 is 2.84 bits per heavy atom. The molecule has 32 heavy (non-hydrogen) atoms. The molecule has 0 saturated heterocycles. The standard InChI is InChI=1S/C23H29FN4O4/c1-15(2)11-19(23(31)25-21-7-9-27(26-21)8-4-10-29)28-14-17(13-22(28)30)32-20-12-16(3)5-6-18(20)24/h5-7,9,12-13,15,19,29H,4,8,10-11,14H2,1-3H3,(H,25,26,31)/t19-/m0/s1. The van der Waals surface area contributed by atoms with Crippen molar-refractivity contribution in [1.82, 2.24) is 14.7 Å². The number of aromatic nitrogens is 2. The van der Waals surface area contributed by atoms with Crippen LogP contribution >= 0.6 is 0 Å². The van der Waals surface area contributed by atoms with Crippen molar-refractivity contribution >= 4 is 17.6 Å². The minimum Gasteiger partial charge on any atom is -0.457 e. The summed E-state index contributed by atoms with van der Waals surface area (Å²) in [7, 11) is 0. The van der Waals surface area contributed by atoms with E-state index in [4.69, 9.17) is 9.84 Å². The summed E-state index contributed by atoms with van der Waals surface area (Å²) in [5, 5.41) is 16.0. The van der Waals surface area contributed by atoms with E-state index in [2.05, 4.69) is 10.4 Å². The first-order valence-electron chi connectivity index (χ1n) is 10.7. The Bertz CT molecular complexity index is 1000. The van der Waals surface area contributed by atoms with Crippen molar-refractivity contribution in [3.05, 3.63) is 53.7 Å². The van der Waals surface area contributed by atoms with Crippen molar-refractivity contribution in [2.45, 2.75) is 46.2 Å². The third-order valence-corrected chi connectivity index (χ3v) is 5.03. The van der Waals surface area contributed by atoms with Crippen LogP contribution in [0, 0.1) is 18.7 Å². The van der Waals surface area contributed by atoms with Gasteiger partial charge < -0.3 is 20.1 Å². The van der Waals surface area contributed by atoms with Crippen LogP contribution in [0.2, 0.25) is 0 Å². The fourth-order valence-electron chi connectivity index (χ4n) is 3.49. The van der Waals surface area contributed by atoms with Gasteiger partial charge >= 0.3 is 0 Å². The summed E-state index contributed by atoms with van der Waals surface area (Å²) in [5.41, 5.74) is 0.832. The molecule has 9 heteroatoms. The molecule has 2 N–H and O–H groups in total. The zero-order chi connectivity index (χ0) is 23.3. The number of benzene rings is 1. The van der Waals surface area contributed by atoms with Crippen LogP contribution in [0.3, 0.4) is 0 Å². The Balaban J connectivity index is 1.70. The molecule has 3 rings (SSSR count). The first-order valence-corrected chi connectivity index (χ1v) is 10.7. The molecule has 1 aromatic heterocycles. The van der Waals surface area contributed by atoms with E-state index in [-0.39, 0.29) is 42.4 Å². The number of aliphatic hydroxyl groups excluding tert-OH is 1. The Hall–Kier alpha value is -3.20. The average Bonchev–Trinajstić information content (AvgIpc) is 3.33. The molecule has 0 radical (unpaired) electrons. The minimum atomic E-state index is -0.732. The van der Waals surface area contributed by atoms with E-state index in [1.807, 2.05) is 20.8 Å². The maximum Gasteiger partial charge on any atom is 0.251 e. The lowest BCUT2D eigenvalue weighted by molar-refractivity contribution is -0.133. The van der Waals surface area contributed by atoms with Gasteiger partial charge in [-0.15, -0.1) is 0 Å². The molecule has 0 saturated carbocycles. The number of anilines is 1. The summed E-state index contributed by atoms with van der Waals surface area (Å²) in [5.74, 6) is -0.369. The van der Waals surface area contributed by atoms with Crippen molar-refractivity contribution < 1.29 is 23.8 Å². The van der Waals surface area contributed by atoms with E-state index < -0.39 is 11.9 Å². The van der Waals surface area contributed by atoms with Gasteiger partial charge in [-0.05, 0) is 43.4 Å². The Kier molecular flexibility index (Phi) is 7.63. The van der Waals surface area contributed by atoms with Crippen LogP contribution in [0.4, 0.5) is 10.2 Å². The zero-order valence-corrected chi connectivity index (χ0v) is 18.5. The van der Waals surface area contributed by atoms with Crippen LogP contribution in [0.25, 0.3) is 0 Å². The van der Waals surface area contributed by atoms with Gasteiger partial charge in [-0.3, -0.25) is 14.3 Å². The van der Waals surface area contributed by atoms with E-state index in [0.29, 0.717) is 25.2 Å². The first kappa shape index (κ1) is 23.5. The lowest BCUT2D eigenvalue weighted by Gasteiger charge is -2.28. The lowest BCUT2D eigenvalue weighted by Crippen LogP contribution is -2.46. The highest BCUT2D eigenvalue weighted by Crippen LogP contribution is 2.25. The van der Waals surface area contributed by atoms with Gasteiger partial charge in [0.15, 0.2) is 17.4 Å². The molecule has 2 amide bonds. The van der Waals surface area contributed by atoms with Crippen molar-refractivity contribution in [3.8, 4) is 5.75 Å². The van der Waals surface area contributed by atoms with Crippen LogP contribution in [-0.4, -0.2) is 50.8 Å². The molecule has 2 aromatic rings. The number of hydrogen-bond acceptors (Lipinski definition) is 5. The van der Waals surface area contributed by atoms with Gasteiger partial charge in [-0.2, -0.15) is 5.10 Å². The van der Waals surface area contributed by atoms with E-state index in [1.165, 1.54) is 17.0 Å². The van der Waals surface area contributed by atoms with Crippen molar-refractivity contribution in [2.24, 2.45) is 5.92 Å². The second kappa shape index (κ2) is 10.4. The molecule has 0 bridgehead atoms. The highest BCUT2D eigenvalue weighted by Gasteiger charge is 2.35. The number of amides is 2. The summed E-state index contributed by atoms with van der Waals surface area (Å²) in [6, 6.07) is 5.45. The smallest absolute Gasteiger partial charge is 0.251 e. The van der Waals surface area contributed by atoms with Gasteiger partial charge in [0.05, 0.1) is 6.54 Å². The molecule has 1 aliphatic heterocycles. The van der Waals surface area contributed by atoms with Gasteiger partial charge in [0, 0.05) is 31.5 Å². The van der Waals surface area contributed by atoms with Crippen LogP contribution < -0.4 is 10.1 Å². The molecule has 0 unspecified atom stereocenters. The highest BCUT2D eigenvalue weighted by atomic mass is 19.1. The number of carbonyl (C=O) groups is 2. The Labute approximate surface area is 186 Å².